The fourth-order valence-electron chi connectivity index (χ4n) is 2.35. The Labute approximate surface area is 96.0 Å². The molecule has 1 aliphatic heterocycles. The van der Waals surface area contributed by atoms with E-state index in [0.717, 1.165) is 18.9 Å². The Morgan fingerprint density at radius 1 is 1.50 bits per heavy atom. The van der Waals surface area contributed by atoms with Crippen LogP contribution in [0.1, 0.15) is 44.3 Å². The molecule has 1 aromatic rings. The lowest BCUT2D eigenvalue weighted by atomic mass is 10.0. The second kappa shape index (κ2) is 5.41. The number of rotatable bonds is 4. The number of hydrogen-bond acceptors (Lipinski definition) is 5. The molecule has 2 N–H and O–H groups in total. The van der Waals surface area contributed by atoms with Crippen LogP contribution in [-0.4, -0.2) is 27.6 Å². The molecule has 90 valence electrons. The number of hydrogen-bond donors (Lipinski definition) is 1. The van der Waals surface area contributed by atoms with Crippen molar-refractivity contribution in [3.8, 4) is 0 Å². The zero-order valence-corrected chi connectivity index (χ0v) is 9.85. The molecule has 0 saturated carbocycles. The summed E-state index contributed by atoms with van der Waals surface area (Å²) in [6.07, 6.45) is 5.10. The Morgan fingerprint density at radius 3 is 3.06 bits per heavy atom. The van der Waals surface area contributed by atoms with Gasteiger partial charge >= 0.3 is 0 Å². The van der Waals surface area contributed by atoms with Gasteiger partial charge in [-0.15, -0.1) is 0 Å². The first-order valence-electron chi connectivity index (χ1n) is 6.09. The summed E-state index contributed by atoms with van der Waals surface area (Å²) in [5, 5.41) is 3.94. The highest BCUT2D eigenvalue weighted by molar-refractivity contribution is 4.88. The van der Waals surface area contributed by atoms with Crippen molar-refractivity contribution < 1.29 is 4.52 Å². The standard InChI is InChI=1S/C11H20N4O/c1-2-9-5-3-4-6-15(9)8-10-13-11(7-12)16-14-10/h9H,2-8,12H2,1H3. The van der Waals surface area contributed by atoms with Crippen LogP contribution in [0.2, 0.25) is 0 Å². The third-order valence-corrected chi connectivity index (χ3v) is 3.25. The minimum atomic E-state index is 0.324. The molecule has 1 aromatic heterocycles. The Bertz CT molecular complexity index is 326. The van der Waals surface area contributed by atoms with Gasteiger partial charge in [-0.2, -0.15) is 4.98 Å². The lowest BCUT2D eigenvalue weighted by Crippen LogP contribution is -2.38. The molecule has 0 radical (unpaired) electrons. The second-order valence-corrected chi connectivity index (χ2v) is 4.34. The van der Waals surface area contributed by atoms with Crippen molar-refractivity contribution in [3.05, 3.63) is 11.7 Å². The van der Waals surface area contributed by atoms with Crippen molar-refractivity contribution in [2.45, 2.75) is 51.7 Å². The van der Waals surface area contributed by atoms with Gasteiger partial charge in [-0.3, -0.25) is 4.90 Å². The van der Waals surface area contributed by atoms with Crippen molar-refractivity contribution in [1.29, 1.82) is 0 Å². The summed E-state index contributed by atoms with van der Waals surface area (Å²) in [5.41, 5.74) is 5.44. The number of likely N-dealkylation sites (tertiary alicyclic amines) is 1. The van der Waals surface area contributed by atoms with Crippen LogP contribution in [0.15, 0.2) is 4.52 Å². The predicted molar refractivity (Wildman–Crippen MR) is 60.5 cm³/mol. The van der Waals surface area contributed by atoms with Gasteiger partial charge < -0.3 is 10.3 Å². The van der Waals surface area contributed by atoms with Crippen LogP contribution < -0.4 is 5.73 Å². The van der Waals surface area contributed by atoms with E-state index in [4.69, 9.17) is 10.3 Å². The van der Waals surface area contributed by atoms with Gasteiger partial charge in [-0.05, 0) is 25.8 Å². The summed E-state index contributed by atoms with van der Waals surface area (Å²) in [5.74, 6) is 1.29. The van der Waals surface area contributed by atoms with Gasteiger partial charge in [0.05, 0.1) is 13.1 Å². The van der Waals surface area contributed by atoms with Gasteiger partial charge in [0.25, 0.3) is 0 Å². The Kier molecular flexibility index (Phi) is 3.90. The lowest BCUT2D eigenvalue weighted by molar-refractivity contribution is 0.131. The topological polar surface area (TPSA) is 68.2 Å². The van der Waals surface area contributed by atoms with E-state index in [2.05, 4.69) is 22.0 Å². The molecule has 0 amide bonds. The van der Waals surface area contributed by atoms with Crippen molar-refractivity contribution in [2.24, 2.45) is 5.73 Å². The van der Waals surface area contributed by atoms with E-state index in [1.165, 1.54) is 25.7 Å². The van der Waals surface area contributed by atoms with Crippen LogP contribution in [0.5, 0.6) is 0 Å². The first kappa shape index (κ1) is 11.5. The van der Waals surface area contributed by atoms with Gasteiger partial charge in [0.2, 0.25) is 5.89 Å². The summed E-state index contributed by atoms with van der Waals surface area (Å²) in [7, 11) is 0. The van der Waals surface area contributed by atoms with Gasteiger partial charge in [0, 0.05) is 6.04 Å². The molecule has 0 spiro atoms. The average molecular weight is 224 g/mol. The monoisotopic (exact) mass is 224 g/mol. The first-order valence-corrected chi connectivity index (χ1v) is 6.09. The number of nitrogens with two attached hydrogens (primary N) is 1. The molecule has 0 aromatic carbocycles. The smallest absolute Gasteiger partial charge is 0.240 e. The van der Waals surface area contributed by atoms with Crippen molar-refractivity contribution >= 4 is 0 Å². The maximum absolute atomic E-state index is 5.44. The summed E-state index contributed by atoms with van der Waals surface area (Å²) in [4.78, 5) is 6.70. The van der Waals surface area contributed by atoms with Crippen LogP contribution in [0, 0.1) is 0 Å². The highest BCUT2D eigenvalue weighted by Gasteiger charge is 2.22. The molecule has 2 rings (SSSR count). The summed E-state index contributed by atoms with van der Waals surface area (Å²) >= 11 is 0. The minimum Gasteiger partial charge on any atom is -0.338 e. The largest absolute Gasteiger partial charge is 0.338 e. The average Bonchev–Trinajstić information content (AvgIpc) is 2.77. The SMILES string of the molecule is CCC1CCCCN1Cc1noc(CN)n1. The first-order chi connectivity index (χ1) is 7.83. The van der Waals surface area contributed by atoms with Gasteiger partial charge in [-0.25, -0.2) is 0 Å². The fraction of sp³-hybridized carbons (Fsp3) is 0.818. The zero-order valence-electron chi connectivity index (χ0n) is 9.85. The van der Waals surface area contributed by atoms with E-state index in [9.17, 15) is 0 Å². The van der Waals surface area contributed by atoms with Gasteiger partial charge in [0.1, 0.15) is 0 Å². The van der Waals surface area contributed by atoms with Crippen LogP contribution >= 0.6 is 0 Å². The van der Waals surface area contributed by atoms with Crippen molar-refractivity contribution in [1.82, 2.24) is 15.0 Å². The quantitative estimate of drug-likeness (QED) is 0.834. The minimum absolute atomic E-state index is 0.324. The molecule has 1 fully saturated rings. The molecule has 0 bridgehead atoms. The molecular weight excluding hydrogens is 204 g/mol. The fourth-order valence-corrected chi connectivity index (χ4v) is 2.35. The molecule has 1 unspecified atom stereocenters. The Morgan fingerprint density at radius 2 is 2.38 bits per heavy atom. The van der Waals surface area contributed by atoms with E-state index >= 15 is 0 Å². The molecule has 5 nitrogen and oxygen atoms in total. The van der Waals surface area contributed by atoms with Crippen LogP contribution in [0.4, 0.5) is 0 Å². The van der Waals surface area contributed by atoms with Crippen molar-refractivity contribution in [2.75, 3.05) is 6.54 Å². The van der Waals surface area contributed by atoms with E-state index < -0.39 is 0 Å². The van der Waals surface area contributed by atoms with Crippen LogP contribution in [-0.2, 0) is 13.1 Å². The lowest BCUT2D eigenvalue weighted by Gasteiger charge is -2.34. The molecule has 2 heterocycles. The maximum Gasteiger partial charge on any atom is 0.240 e. The number of aromatic nitrogens is 2. The molecule has 16 heavy (non-hydrogen) atoms. The van der Waals surface area contributed by atoms with Crippen LogP contribution in [0.3, 0.4) is 0 Å². The van der Waals surface area contributed by atoms with E-state index in [1.54, 1.807) is 0 Å². The second-order valence-electron chi connectivity index (χ2n) is 4.34. The highest BCUT2D eigenvalue weighted by Crippen LogP contribution is 2.20. The Balaban J connectivity index is 1.96. The Hall–Kier alpha value is -0.940. The summed E-state index contributed by atoms with van der Waals surface area (Å²) in [6.45, 7) is 4.50. The highest BCUT2D eigenvalue weighted by atomic mass is 16.5. The molecule has 0 aliphatic carbocycles. The summed E-state index contributed by atoms with van der Waals surface area (Å²) in [6, 6.07) is 0.675. The van der Waals surface area contributed by atoms with Gasteiger partial charge in [0.15, 0.2) is 5.82 Å². The van der Waals surface area contributed by atoms with Gasteiger partial charge in [-0.1, -0.05) is 18.5 Å². The zero-order chi connectivity index (χ0) is 11.4. The normalized spacial score (nSPS) is 22.5. The number of nitrogens with zero attached hydrogens (tertiary/aromatic N) is 3. The van der Waals surface area contributed by atoms with E-state index in [1.807, 2.05) is 0 Å². The predicted octanol–water partition coefficient (Wildman–Crippen LogP) is 1.29. The summed E-state index contributed by atoms with van der Waals surface area (Å²) < 4.78 is 5.01. The van der Waals surface area contributed by atoms with E-state index in [-0.39, 0.29) is 0 Å². The maximum atomic E-state index is 5.44. The molecule has 1 atom stereocenters. The van der Waals surface area contributed by atoms with Crippen LogP contribution in [0.25, 0.3) is 0 Å². The van der Waals surface area contributed by atoms with Crippen molar-refractivity contribution in [3.63, 3.8) is 0 Å². The van der Waals surface area contributed by atoms with E-state index in [0.29, 0.717) is 18.5 Å². The molecular formula is C11H20N4O. The molecule has 1 aliphatic rings. The molecule has 5 heteroatoms. The third kappa shape index (κ3) is 2.59. The number of piperidine rings is 1. The third-order valence-electron chi connectivity index (χ3n) is 3.25. The molecule has 1 saturated heterocycles.